The van der Waals surface area contributed by atoms with Gasteiger partial charge in [-0.05, 0) is 48.5 Å². The highest BCUT2D eigenvalue weighted by atomic mass is 32.1. The zero-order chi connectivity index (χ0) is 24.7. The normalized spacial score (nSPS) is 10.8. The smallest absolute Gasteiger partial charge is 0.416 e. The van der Waals surface area contributed by atoms with Crippen LogP contribution in [0.5, 0.6) is 17.2 Å². The topological polar surface area (TPSA) is 85.9 Å². The molecule has 2 N–H and O–H groups in total. The molecule has 2 aromatic carbocycles. The number of halogens is 3. The Morgan fingerprint density at radius 2 is 1.65 bits per heavy atom. The number of rotatable bonds is 8. The highest BCUT2D eigenvalue weighted by molar-refractivity contribution is 7.13. The van der Waals surface area contributed by atoms with Gasteiger partial charge >= 0.3 is 12.3 Å². The van der Waals surface area contributed by atoms with Crippen LogP contribution in [0.1, 0.15) is 15.2 Å². The molecule has 0 saturated heterocycles. The molecule has 34 heavy (non-hydrogen) atoms. The third-order valence-electron chi connectivity index (χ3n) is 4.25. The minimum Gasteiger partial charge on any atom is -0.493 e. The molecule has 1 heterocycles. The Balaban J connectivity index is 1.63. The van der Waals surface area contributed by atoms with Crippen molar-refractivity contribution in [1.82, 2.24) is 0 Å². The zero-order valence-electron chi connectivity index (χ0n) is 17.8. The van der Waals surface area contributed by atoms with E-state index in [0.717, 1.165) is 23.5 Å². The standard InChI is InChI=1S/C23H19F3N2O5S/c1-3-12-32-22(30)28-18-13-34-20(19(18)31-2)21(29)27-15-6-10-17(11-7-15)33-16-8-4-14(5-9-16)23(24,25)26/h3-11,13H,1,12H2,2H3,(H,27,29)(H,28,30). The molecule has 1 aromatic heterocycles. The van der Waals surface area contributed by atoms with E-state index in [2.05, 4.69) is 17.2 Å². The lowest BCUT2D eigenvalue weighted by atomic mass is 10.2. The van der Waals surface area contributed by atoms with E-state index in [0.29, 0.717) is 11.4 Å². The van der Waals surface area contributed by atoms with Crippen LogP contribution in [-0.2, 0) is 10.9 Å². The van der Waals surface area contributed by atoms with Gasteiger partial charge < -0.3 is 19.5 Å². The van der Waals surface area contributed by atoms with Crippen molar-refractivity contribution in [2.24, 2.45) is 0 Å². The number of hydrogen-bond donors (Lipinski definition) is 2. The molecule has 2 amide bonds. The van der Waals surface area contributed by atoms with Crippen LogP contribution in [0.15, 0.2) is 66.6 Å². The maximum atomic E-state index is 12.7. The Morgan fingerprint density at radius 1 is 1.03 bits per heavy atom. The monoisotopic (exact) mass is 492 g/mol. The molecule has 0 saturated carbocycles. The molecule has 3 rings (SSSR count). The number of carbonyl (C=O) groups is 2. The minimum atomic E-state index is -4.42. The summed E-state index contributed by atoms with van der Waals surface area (Å²) in [5.41, 5.74) is -0.0407. The first-order chi connectivity index (χ1) is 16.2. The second-order valence-corrected chi connectivity index (χ2v) is 7.51. The molecule has 0 atom stereocenters. The van der Waals surface area contributed by atoms with Crippen LogP contribution in [0.3, 0.4) is 0 Å². The van der Waals surface area contributed by atoms with E-state index in [9.17, 15) is 22.8 Å². The molecule has 0 radical (unpaired) electrons. The summed E-state index contributed by atoms with van der Waals surface area (Å²) in [5.74, 6) is 0.321. The average molecular weight is 492 g/mol. The summed E-state index contributed by atoms with van der Waals surface area (Å²) in [6.45, 7) is 3.48. The van der Waals surface area contributed by atoms with Crippen molar-refractivity contribution < 1.29 is 37.0 Å². The minimum absolute atomic E-state index is 0.0320. The van der Waals surface area contributed by atoms with Crippen molar-refractivity contribution in [2.75, 3.05) is 24.4 Å². The number of ether oxygens (including phenoxy) is 3. The maximum absolute atomic E-state index is 12.7. The SMILES string of the molecule is C=CCOC(=O)Nc1csc(C(=O)Nc2ccc(Oc3ccc(C(F)(F)F)cc3)cc2)c1OC. The van der Waals surface area contributed by atoms with Crippen molar-refractivity contribution in [3.05, 3.63) is 77.0 Å². The molecular formula is C23H19F3N2O5S. The van der Waals surface area contributed by atoms with Gasteiger partial charge in [0.15, 0.2) is 5.75 Å². The number of nitrogens with one attached hydrogen (secondary N) is 2. The maximum Gasteiger partial charge on any atom is 0.416 e. The van der Waals surface area contributed by atoms with Crippen LogP contribution in [0.2, 0.25) is 0 Å². The predicted octanol–water partition coefficient (Wildman–Crippen LogP) is 6.55. The van der Waals surface area contributed by atoms with Crippen LogP contribution < -0.4 is 20.1 Å². The van der Waals surface area contributed by atoms with Gasteiger partial charge in [0.05, 0.1) is 18.4 Å². The highest BCUT2D eigenvalue weighted by Crippen LogP contribution is 2.36. The molecule has 7 nitrogen and oxygen atoms in total. The number of alkyl halides is 3. The van der Waals surface area contributed by atoms with Gasteiger partial charge in [0.2, 0.25) is 0 Å². The van der Waals surface area contributed by atoms with Gasteiger partial charge in [-0.15, -0.1) is 11.3 Å². The summed E-state index contributed by atoms with van der Waals surface area (Å²) >= 11 is 1.07. The van der Waals surface area contributed by atoms with Gasteiger partial charge in [0, 0.05) is 11.1 Å². The Hall–Kier alpha value is -3.99. The average Bonchev–Trinajstić information content (AvgIpc) is 3.21. The Morgan fingerprint density at radius 3 is 2.21 bits per heavy atom. The summed E-state index contributed by atoms with van der Waals surface area (Å²) in [4.78, 5) is 24.7. The van der Waals surface area contributed by atoms with Gasteiger partial charge in [0.25, 0.3) is 5.91 Å². The third kappa shape index (κ3) is 6.29. The van der Waals surface area contributed by atoms with Crippen molar-refractivity contribution in [3.8, 4) is 17.2 Å². The van der Waals surface area contributed by atoms with Crippen molar-refractivity contribution in [1.29, 1.82) is 0 Å². The Labute approximate surface area is 196 Å². The molecule has 3 aromatic rings. The van der Waals surface area contributed by atoms with Crippen LogP contribution in [0.4, 0.5) is 29.3 Å². The third-order valence-corrected chi connectivity index (χ3v) is 5.21. The fraction of sp³-hybridized carbons (Fsp3) is 0.130. The molecule has 0 aliphatic rings. The van der Waals surface area contributed by atoms with Crippen LogP contribution in [0, 0.1) is 0 Å². The molecular weight excluding hydrogens is 473 g/mol. The lowest BCUT2D eigenvalue weighted by molar-refractivity contribution is -0.137. The Bertz CT molecular complexity index is 1160. The number of amides is 2. The van der Waals surface area contributed by atoms with Gasteiger partial charge in [-0.25, -0.2) is 4.79 Å². The molecule has 0 fully saturated rings. The highest BCUT2D eigenvalue weighted by Gasteiger charge is 2.30. The molecule has 178 valence electrons. The van der Waals surface area contributed by atoms with Gasteiger partial charge in [-0.3, -0.25) is 10.1 Å². The van der Waals surface area contributed by atoms with Gasteiger partial charge in [-0.1, -0.05) is 12.7 Å². The largest absolute Gasteiger partial charge is 0.493 e. The Kier molecular flexibility index (Phi) is 7.79. The second kappa shape index (κ2) is 10.8. The lowest BCUT2D eigenvalue weighted by Crippen LogP contribution is -2.15. The molecule has 0 unspecified atom stereocenters. The first-order valence-electron chi connectivity index (χ1n) is 9.68. The van der Waals surface area contributed by atoms with Crippen LogP contribution >= 0.6 is 11.3 Å². The van der Waals surface area contributed by atoms with E-state index >= 15 is 0 Å². The van der Waals surface area contributed by atoms with Crippen molar-refractivity contribution in [2.45, 2.75) is 6.18 Å². The number of thiophene rings is 1. The van der Waals surface area contributed by atoms with E-state index in [1.807, 2.05) is 0 Å². The summed E-state index contributed by atoms with van der Waals surface area (Å²) in [6.07, 6.45) is -3.72. The molecule has 11 heteroatoms. The fourth-order valence-electron chi connectivity index (χ4n) is 2.72. The predicted molar refractivity (Wildman–Crippen MR) is 122 cm³/mol. The summed E-state index contributed by atoms with van der Waals surface area (Å²) in [7, 11) is 1.37. The first kappa shape index (κ1) is 24.6. The van der Waals surface area contributed by atoms with Gasteiger partial charge in [-0.2, -0.15) is 13.2 Å². The summed E-state index contributed by atoms with van der Waals surface area (Å²) in [5, 5.41) is 6.74. The van der Waals surface area contributed by atoms with E-state index < -0.39 is 23.7 Å². The first-order valence-corrected chi connectivity index (χ1v) is 10.6. The molecule has 0 bridgehead atoms. The molecule has 0 aliphatic heterocycles. The quantitative estimate of drug-likeness (QED) is 0.348. The number of carbonyl (C=O) groups excluding carboxylic acids is 2. The second-order valence-electron chi connectivity index (χ2n) is 6.63. The zero-order valence-corrected chi connectivity index (χ0v) is 18.6. The van der Waals surface area contributed by atoms with Gasteiger partial charge in [0.1, 0.15) is 23.0 Å². The van der Waals surface area contributed by atoms with Crippen LogP contribution in [0.25, 0.3) is 0 Å². The summed E-state index contributed by atoms with van der Waals surface area (Å²) < 4.78 is 53.6. The van der Waals surface area contributed by atoms with E-state index in [-0.39, 0.29) is 28.7 Å². The fourth-order valence-corrected chi connectivity index (χ4v) is 3.58. The lowest BCUT2D eigenvalue weighted by Gasteiger charge is -2.10. The number of hydrogen-bond acceptors (Lipinski definition) is 6. The molecule has 0 spiro atoms. The number of methoxy groups -OCH3 is 1. The van der Waals surface area contributed by atoms with Crippen molar-refractivity contribution >= 4 is 34.7 Å². The number of benzene rings is 2. The van der Waals surface area contributed by atoms with E-state index in [1.54, 1.807) is 29.6 Å². The van der Waals surface area contributed by atoms with E-state index in [1.165, 1.54) is 25.3 Å². The number of anilines is 2. The van der Waals surface area contributed by atoms with E-state index in [4.69, 9.17) is 14.2 Å². The molecule has 0 aliphatic carbocycles. The summed E-state index contributed by atoms with van der Waals surface area (Å²) in [6, 6.07) is 10.6. The van der Waals surface area contributed by atoms with Crippen LogP contribution in [-0.4, -0.2) is 25.7 Å². The van der Waals surface area contributed by atoms with Crippen molar-refractivity contribution in [3.63, 3.8) is 0 Å².